The second-order valence-corrected chi connectivity index (χ2v) is 5.45. The number of nitrogens with zero attached hydrogens (tertiary/aromatic N) is 2. The topological polar surface area (TPSA) is 49.8 Å². The highest BCUT2D eigenvalue weighted by molar-refractivity contribution is 5.46. The number of hydrogen-bond acceptors (Lipinski definition) is 4. The van der Waals surface area contributed by atoms with E-state index in [-0.39, 0.29) is 0 Å². The van der Waals surface area contributed by atoms with Crippen LogP contribution in [0.3, 0.4) is 0 Å². The second-order valence-electron chi connectivity index (χ2n) is 5.45. The van der Waals surface area contributed by atoms with Gasteiger partial charge in [0.15, 0.2) is 0 Å². The van der Waals surface area contributed by atoms with Crippen LogP contribution in [0.15, 0.2) is 6.33 Å². The van der Waals surface area contributed by atoms with Crippen LogP contribution in [0.25, 0.3) is 0 Å². The maximum absolute atomic E-state index is 4.46. The van der Waals surface area contributed by atoms with Gasteiger partial charge < -0.3 is 10.6 Å². The van der Waals surface area contributed by atoms with Crippen molar-refractivity contribution in [3.63, 3.8) is 0 Å². The van der Waals surface area contributed by atoms with Crippen LogP contribution in [0.1, 0.15) is 36.9 Å². The molecule has 18 heavy (non-hydrogen) atoms. The molecule has 1 unspecified atom stereocenters. The predicted molar refractivity (Wildman–Crippen MR) is 72.8 cm³/mol. The molecule has 1 saturated heterocycles. The van der Waals surface area contributed by atoms with E-state index in [1.165, 1.54) is 36.9 Å². The summed E-state index contributed by atoms with van der Waals surface area (Å²) >= 11 is 0. The van der Waals surface area contributed by atoms with E-state index < -0.39 is 0 Å². The summed E-state index contributed by atoms with van der Waals surface area (Å²) in [6.07, 6.45) is 9.14. The molecule has 0 radical (unpaired) electrons. The highest BCUT2D eigenvalue weighted by atomic mass is 15.0. The van der Waals surface area contributed by atoms with E-state index in [0.717, 1.165) is 44.2 Å². The highest BCUT2D eigenvalue weighted by Gasteiger charge is 2.17. The molecule has 1 aromatic heterocycles. The van der Waals surface area contributed by atoms with Gasteiger partial charge in [0, 0.05) is 17.8 Å². The molecule has 2 heterocycles. The number of rotatable bonds is 3. The standard InChI is InChI=1S/C14H22N4/c1-2-4-12-13(5-3-1)17-10-18-14(12)16-9-11-6-7-15-8-11/h10-11,15H,1-9H2,(H,16,17,18). The summed E-state index contributed by atoms with van der Waals surface area (Å²) in [5.41, 5.74) is 2.65. The summed E-state index contributed by atoms with van der Waals surface area (Å²) in [5, 5.41) is 6.96. The molecule has 1 aliphatic heterocycles. The van der Waals surface area contributed by atoms with Gasteiger partial charge in [0.25, 0.3) is 0 Å². The van der Waals surface area contributed by atoms with Gasteiger partial charge >= 0.3 is 0 Å². The smallest absolute Gasteiger partial charge is 0.132 e. The summed E-state index contributed by atoms with van der Waals surface area (Å²) in [6, 6.07) is 0. The molecule has 3 rings (SSSR count). The van der Waals surface area contributed by atoms with Gasteiger partial charge in [-0.3, -0.25) is 0 Å². The fourth-order valence-corrected chi connectivity index (χ4v) is 2.98. The largest absolute Gasteiger partial charge is 0.369 e. The van der Waals surface area contributed by atoms with Crippen LogP contribution < -0.4 is 10.6 Å². The number of aryl methyl sites for hydroxylation is 1. The minimum Gasteiger partial charge on any atom is -0.369 e. The van der Waals surface area contributed by atoms with Crippen molar-refractivity contribution in [2.45, 2.75) is 38.5 Å². The molecule has 0 spiro atoms. The molecule has 0 amide bonds. The molecule has 4 heteroatoms. The Kier molecular flexibility index (Phi) is 3.74. The van der Waals surface area contributed by atoms with Crippen molar-refractivity contribution in [1.29, 1.82) is 0 Å². The van der Waals surface area contributed by atoms with Gasteiger partial charge in [-0.25, -0.2) is 9.97 Å². The first-order valence-electron chi connectivity index (χ1n) is 7.21. The second kappa shape index (κ2) is 5.65. The van der Waals surface area contributed by atoms with E-state index in [1.807, 2.05) is 0 Å². The number of hydrogen-bond donors (Lipinski definition) is 2. The van der Waals surface area contributed by atoms with Gasteiger partial charge in [-0.2, -0.15) is 0 Å². The molecule has 1 atom stereocenters. The maximum Gasteiger partial charge on any atom is 0.132 e. The number of fused-ring (bicyclic) bond motifs is 1. The fourth-order valence-electron chi connectivity index (χ4n) is 2.98. The van der Waals surface area contributed by atoms with Crippen molar-refractivity contribution in [3.05, 3.63) is 17.6 Å². The third-order valence-corrected chi connectivity index (χ3v) is 4.10. The lowest BCUT2D eigenvalue weighted by atomic mass is 10.1. The molecular weight excluding hydrogens is 224 g/mol. The summed E-state index contributed by atoms with van der Waals surface area (Å²) < 4.78 is 0. The van der Waals surface area contributed by atoms with E-state index in [0.29, 0.717) is 0 Å². The number of anilines is 1. The van der Waals surface area contributed by atoms with Crippen LogP contribution in [-0.2, 0) is 12.8 Å². The minimum absolute atomic E-state index is 0.751. The Hall–Kier alpha value is -1.16. The Morgan fingerprint density at radius 3 is 3.06 bits per heavy atom. The third-order valence-electron chi connectivity index (χ3n) is 4.10. The average molecular weight is 246 g/mol. The van der Waals surface area contributed by atoms with Crippen LogP contribution in [0.4, 0.5) is 5.82 Å². The molecule has 2 N–H and O–H groups in total. The Labute approximate surface area is 109 Å². The van der Waals surface area contributed by atoms with Crippen LogP contribution >= 0.6 is 0 Å². The van der Waals surface area contributed by atoms with Gasteiger partial charge in [-0.05, 0) is 51.1 Å². The first kappa shape index (κ1) is 11.9. The SMILES string of the molecule is c1nc2c(c(NCC3CCNC3)n1)CCCCC2. The summed E-state index contributed by atoms with van der Waals surface area (Å²) in [5.74, 6) is 1.84. The van der Waals surface area contributed by atoms with E-state index in [9.17, 15) is 0 Å². The lowest BCUT2D eigenvalue weighted by Crippen LogP contribution is -2.19. The molecule has 1 aromatic rings. The van der Waals surface area contributed by atoms with E-state index in [1.54, 1.807) is 6.33 Å². The normalized spacial score (nSPS) is 23.4. The van der Waals surface area contributed by atoms with Crippen molar-refractivity contribution in [2.75, 3.05) is 25.0 Å². The molecule has 1 fully saturated rings. The predicted octanol–water partition coefficient (Wildman–Crippen LogP) is 1.77. The molecule has 1 aliphatic carbocycles. The van der Waals surface area contributed by atoms with Crippen molar-refractivity contribution in [1.82, 2.24) is 15.3 Å². The van der Waals surface area contributed by atoms with Gasteiger partial charge in [-0.15, -0.1) is 0 Å². The minimum atomic E-state index is 0.751. The summed E-state index contributed by atoms with van der Waals surface area (Å²) in [7, 11) is 0. The highest BCUT2D eigenvalue weighted by Crippen LogP contribution is 2.24. The lowest BCUT2D eigenvalue weighted by Gasteiger charge is -2.14. The first-order chi connectivity index (χ1) is 8.93. The fraction of sp³-hybridized carbons (Fsp3) is 0.714. The molecule has 2 aliphatic rings. The van der Waals surface area contributed by atoms with Crippen molar-refractivity contribution in [2.24, 2.45) is 5.92 Å². The van der Waals surface area contributed by atoms with Gasteiger partial charge in [0.2, 0.25) is 0 Å². The Morgan fingerprint density at radius 2 is 2.17 bits per heavy atom. The quantitative estimate of drug-likeness (QED) is 0.798. The summed E-state index contributed by atoms with van der Waals surface area (Å²) in [4.78, 5) is 8.91. The zero-order chi connectivity index (χ0) is 12.2. The molecular formula is C14H22N4. The monoisotopic (exact) mass is 246 g/mol. The molecule has 0 aromatic carbocycles. The lowest BCUT2D eigenvalue weighted by molar-refractivity contribution is 0.613. The first-order valence-corrected chi connectivity index (χ1v) is 7.21. The molecule has 0 bridgehead atoms. The van der Waals surface area contributed by atoms with E-state index in [4.69, 9.17) is 0 Å². The molecule has 4 nitrogen and oxygen atoms in total. The Bertz CT molecular complexity index is 399. The van der Waals surface area contributed by atoms with Crippen LogP contribution in [-0.4, -0.2) is 29.6 Å². The van der Waals surface area contributed by atoms with Crippen LogP contribution in [0.2, 0.25) is 0 Å². The van der Waals surface area contributed by atoms with Crippen molar-refractivity contribution >= 4 is 5.82 Å². The van der Waals surface area contributed by atoms with Crippen molar-refractivity contribution < 1.29 is 0 Å². The zero-order valence-electron chi connectivity index (χ0n) is 10.9. The molecule has 0 saturated carbocycles. The summed E-state index contributed by atoms with van der Waals surface area (Å²) in [6.45, 7) is 3.34. The van der Waals surface area contributed by atoms with Crippen LogP contribution in [0, 0.1) is 5.92 Å². The zero-order valence-corrected chi connectivity index (χ0v) is 10.9. The maximum atomic E-state index is 4.46. The Balaban J connectivity index is 1.70. The van der Waals surface area contributed by atoms with E-state index >= 15 is 0 Å². The average Bonchev–Trinajstić information content (AvgIpc) is 2.79. The Morgan fingerprint density at radius 1 is 1.22 bits per heavy atom. The molecule has 98 valence electrons. The van der Waals surface area contributed by atoms with Gasteiger partial charge in [0.05, 0.1) is 0 Å². The van der Waals surface area contributed by atoms with E-state index in [2.05, 4.69) is 20.6 Å². The van der Waals surface area contributed by atoms with Crippen molar-refractivity contribution in [3.8, 4) is 0 Å². The van der Waals surface area contributed by atoms with Gasteiger partial charge in [-0.1, -0.05) is 6.42 Å². The number of nitrogens with one attached hydrogen (secondary N) is 2. The van der Waals surface area contributed by atoms with Gasteiger partial charge in [0.1, 0.15) is 12.1 Å². The number of aromatic nitrogens is 2. The third kappa shape index (κ3) is 2.64. The van der Waals surface area contributed by atoms with Crippen LogP contribution in [0.5, 0.6) is 0 Å².